The molecule has 104 valence electrons. The summed E-state index contributed by atoms with van der Waals surface area (Å²) in [6.07, 6.45) is 3.62. The van der Waals surface area contributed by atoms with E-state index in [1.807, 2.05) is 0 Å². The van der Waals surface area contributed by atoms with Gasteiger partial charge in [-0.1, -0.05) is 6.07 Å². The van der Waals surface area contributed by atoms with Gasteiger partial charge in [0.25, 0.3) is 0 Å². The van der Waals surface area contributed by atoms with Crippen molar-refractivity contribution in [3.05, 3.63) is 48.2 Å². The number of nitrogens with zero attached hydrogens (tertiary/aromatic N) is 1. The lowest BCUT2D eigenvalue weighted by Gasteiger charge is -2.06. The maximum Gasteiger partial charge on any atom is 0.337 e. The van der Waals surface area contributed by atoms with E-state index in [0.717, 1.165) is 5.69 Å². The third-order valence-corrected chi connectivity index (χ3v) is 2.66. The number of amides is 1. The Bertz CT molecular complexity index is 593. The standard InChI is InChI=1S/C14H14N2O4/c1-19-14(18)10-3-2-4-11(7-10)16-13(17)6-5-12-8-20-9-15-12/h2-4,7-9H,5-6H2,1H3,(H,16,17). The number of carbonyl (C=O) groups is 2. The second kappa shape index (κ2) is 6.51. The van der Waals surface area contributed by atoms with Crippen molar-refractivity contribution in [2.24, 2.45) is 0 Å². The smallest absolute Gasteiger partial charge is 0.337 e. The minimum atomic E-state index is -0.441. The van der Waals surface area contributed by atoms with Gasteiger partial charge in [0.1, 0.15) is 6.26 Å². The van der Waals surface area contributed by atoms with E-state index in [-0.39, 0.29) is 12.3 Å². The Morgan fingerprint density at radius 2 is 2.25 bits per heavy atom. The highest BCUT2D eigenvalue weighted by molar-refractivity contribution is 5.94. The summed E-state index contributed by atoms with van der Waals surface area (Å²) < 4.78 is 9.45. The Kier molecular flexibility index (Phi) is 4.49. The van der Waals surface area contributed by atoms with Crippen molar-refractivity contribution in [1.29, 1.82) is 0 Å². The van der Waals surface area contributed by atoms with Gasteiger partial charge in [0, 0.05) is 18.5 Å². The number of carbonyl (C=O) groups excluding carboxylic acids is 2. The first-order valence-corrected chi connectivity index (χ1v) is 6.04. The molecule has 2 rings (SSSR count). The Balaban J connectivity index is 1.92. The fourth-order valence-electron chi connectivity index (χ4n) is 1.67. The molecular formula is C14H14N2O4. The zero-order chi connectivity index (χ0) is 14.4. The van der Waals surface area contributed by atoms with Gasteiger partial charge in [0.05, 0.1) is 18.4 Å². The van der Waals surface area contributed by atoms with Crippen molar-refractivity contribution in [1.82, 2.24) is 4.98 Å². The van der Waals surface area contributed by atoms with Crippen LogP contribution in [0.5, 0.6) is 0 Å². The third kappa shape index (κ3) is 3.68. The van der Waals surface area contributed by atoms with Gasteiger partial charge in [-0.2, -0.15) is 0 Å². The number of methoxy groups -OCH3 is 1. The lowest BCUT2D eigenvalue weighted by molar-refractivity contribution is -0.116. The number of rotatable bonds is 5. The normalized spacial score (nSPS) is 10.1. The number of aryl methyl sites for hydroxylation is 1. The quantitative estimate of drug-likeness (QED) is 0.844. The number of hydrogen-bond donors (Lipinski definition) is 1. The zero-order valence-electron chi connectivity index (χ0n) is 11.0. The minimum Gasteiger partial charge on any atom is -0.465 e. The van der Waals surface area contributed by atoms with E-state index in [1.165, 1.54) is 19.8 Å². The second-order valence-corrected chi connectivity index (χ2v) is 4.10. The number of esters is 1. The first-order chi connectivity index (χ1) is 9.69. The molecule has 1 heterocycles. The molecule has 0 saturated heterocycles. The predicted octanol–water partition coefficient (Wildman–Crippen LogP) is 2.03. The molecular weight excluding hydrogens is 260 g/mol. The van der Waals surface area contributed by atoms with Crippen LogP contribution in [0.3, 0.4) is 0 Å². The van der Waals surface area contributed by atoms with E-state index in [2.05, 4.69) is 15.0 Å². The van der Waals surface area contributed by atoms with Crippen LogP contribution in [0.4, 0.5) is 5.69 Å². The molecule has 6 heteroatoms. The summed E-state index contributed by atoms with van der Waals surface area (Å²) in [5, 5.41) is 2.72. The van der Waals surface area contributed by atoms with E-state index < -0.39 is 5.97 Å². The summed E-state index contributed by atoms with van der Waals surface area (Å²) >= 11 is 0. The van der Waals surface area contributed by atoms with E-state index in [4.69, 9.17) is 4.42 Å². The zero-order valence-corrected chi connectivity index (χ0v) is 11.0. The fourth-order valence-corrected chi connectivity index (χ4v) is 1.67. The Morgan fingerprint density at radius 1 is 1.40 bits per heavy atom. The highest BCUT2D eigenvalue weighted by Gasteiger charge is 2.08. The number of hydrogen-bond acceptors (Lipinski definition) is 5. The number of ether oxygens (including phenoxy) is 1. The summed E-state index contributed by atoms with van der Waals surface area (Å²) in [6.45, 7) is 0. The van der Waals surface area contributed by atoms with Crippen molar-refractivity contribution in [3.8, 4) is 0 Å². The lowest BCUT2D eigenvalue weighted by Crippen LogP contribution is -2.13. The van der Waals surface area contributed by atoms with Gasteiger partial charge in [-0.15, -0.1) is 0 Å². The van der Waals surface area contributed by atoms with Gasteiger partial charge in [-0.25, -0.2) is 9.78 Å². The summed E-state index contributed by atoms with van der Waals surface area (Å²) in [6, 6.07) is 6.58. The summed E-state index contributed by atoms with van der Waals surface area (Å²) in [7, 11) is 1.31. The van der Waals surface area contributed by atoms with Crippen LogP contribution in [-0.4, -0.2) is 24.0 Å². The summed E-state index contributed by atoms with van der Waals surface area (Å²) in [5.41, 5.74) is 1.67. The molecule has 1 amide bonds. The first kappa shape index (κ1) is 13.8. The second-order valence-electron chi connectivity index (χ2n) is 4.10. The van der Waals surface area contributed by atoms with E-state index in [1.54, 1.807) is 24.3 Å². The molecule has 0 spiro atoms. The lowest BCUT2D eigenvalue weighted by atomic mass is 10.2. The van der Waals surface area contributed by atoms with Gasteiger partial charge >= 0.3 is 5.97 Å². The van der Waals surface area contributed by atoms with Gasteiger partial charge in [0.15, 0.2) is 6.39 Å². The molecule has 0 aliphatic carbocycles. The predicted molar refractivity (Wildman–Crippen MR) is 71.2 cm³/mol. The van der Waals surface area contributed by atoms with Crippen molar-refractivity contribution in [2.75, 3.05) is 12.4 Å². The molecule has 6 nitrogen and oxygen atoms in total. The number of anilines is 1. The first-order valence-electron chi connectivity index (χ1n) is 6.04. The summed E-state index contributed by atoms with van der Waals surface area (Å²) in [5.74, 6) is -0.598. The maximum absolute atomic E-state index is 11.8. The molecule has 0 fully saturated rings. The molecule has 0 aliphatic heterocycles. The van der Waals surface area contributed by atoms with Gasteiger partial charge in [-0.05, 0) is 18.2 Å². The van der Waals surface area contributed by atoms with Gasteiger partial charge in [0.2, 0.25) is 5.91 Å². The maximum atomic E-state index is 11.8. The monoisotopic (exact) mass is 274 g/mol. The molecule has 1 aromatic carbocycles. The SMILES string of the molecule is COC(=O)c1cccc(NC(=O)CCc2cocn2)c1. The Labute approximate surface area is 115 Å². The molecule has 0 unspecified atom stereocenters. The minimum absolute atomic E-state index is 0.157. The third-order valence-electron chi connectivity index (χ3n) is 2.66. The molecule has 20 heavy (non-hydrogen) atoms. The molecule has 0 atom stereocenters. The topological polar surface area (TPSA) is 81.4 Å². The van der Waals surface area contributed by atoms with E-state index in [9.17, 15) is 9.59 Å². The van der Waals surface area contributed by atoms with Crippen LogP contribution in [0, 0.1) is 0 Å². The van der Waals surface area contributed by atoms with E-state index in [0.29, 0.717) is 17.7 Å². The molecule has 1 N–H and O–H groups in total. The largest absolute Gasteiger partial charge is 0.465 e. The highest BCUT2D eigenvalue weighted by atomic mass is 16.5. The van der Waals surface area contributed by atoms with Crippen LogP contribution in [0.1, 0.15) is 22.5 Å². The van der Waals surface area contributed by atoms with Crippen molar-refractivity contribution in [3.63, 3.8) is 0 Å². The van der Waals surface area contributed by atoms with Gasteiger partial charge < -0.3 is 14.5 Å². The van der Waals surface area contributed by atoms with Gasteiger partial charge in [-0.3, -0.25) is 4.79 Å². The average molecular weight is 274 g/mol. The molecule has 0 saturated carbocycles. The van der Waals surface area contributed by atoms with Crippen molar-refractivity contribution < 1.29 is 18.7 Å². The van der Waals surface area contributed by atoms with Crippen LogP contribution in [0.15, 0.2) is 41.3 Å². The fraction of sp³-hybridized carbons (Fsp3) is 0.214. The van der Waals surface area contributed by atoms with Crippen molar-refractivity contribution >= 4 is 17.6 Å². The molecule has 0 radical (unpaired) electrons. The Morgan fingerprint density at radius 3 is 2.95 bits per heavy atom. The van der Waals surface area contributed by atoms with Crippen LogP contribution in [-0.2, 0) is 16.0 Å². The number of nitrogens with one attached hydrogen (secondary N) is 1. The van der Waals surface area contributed by atoms with Crippen LogP contribution in [0.2, 0.25) is 0 Å². The number of benzene rings is 1. The molecule has 0 bridgehead atoms. The van der Waals surface area contributed by atoms with Crippen LogP contribution < -0.4 is 5.32 Å². The number of oxazole rings is 1. The van der Waals surface area contributed by atoms with E-state index >= 15 is 0 Å². The van der Waals surface area contributed by atoms with Crippen LogP contribution >= 0.6 is 0 Å². The number of aromatic nitrogens is 1. The van der Waals surface area contributed by atoms with Crippen LogP contribution in [0.25, 0.3) is 0 Å². The molecule has 0 aliphatic rings. The molecule has 2 aromatic rings. The highest BCUT2D eigenvalue weighted by Crippen LogP contribution is 2.12. The van der Waals surface area contributed by atoms with Crippen molar-refractivity contribution in [2.45, 2.75) is 12.8 Å². The Hall–Kier alpha value is -2.63. The summed E-state index contributed by atoms with van der Waals surface area (Å²) in [4.78, 5) is 27.1. The molecule has 1 aromatic heterocycles. The average Bonchev–Trinajstić information content (AvgIpc) is 2.98.